The highest BCUT2D eigenvalue weighted by Crippen LogP contribution is 2.16. The van der Waals surface area contributed by atoms with E-state index in [0.717, 1.165) is 4.88 Å². The number of aliphatic hydroxyl groups excluding tert-OH is 1. The Hall–Kier alpha value is -1.07. The molecule has 0 aromatic carbocycles. The van der Waals surface area contributed by atoms with Gasteiger partial charge in [-0.1, -0.05) is 6.07 Å². The van der Waals surface area contributed by atoms with Crippen LogP contribution in [0.5, 0.6) is 0 Å². The molecule has 4 nitrogen and oxygen atoms in total. The highest BCUT2D eigenvalue weighted by Gasteiger charge is 2.25. The Kier molecular flexibility index (Phi) is 5.16. The van der Waals surface area contributed by atoms with Crippen molar-refractivity contribution in [2.24, 2.45) is 0 Å². The molecule has 0 bridgehead atoms. The number of hydrogen-bond acceptors (Lipinski definition) is 4. The van der Waals surface area contributed by atoms with E-state index in [1.807, 2.05) is 38.3 Å². The van der Waals surface area contributed by atoms with Gasteiger partial charge in [0.2, 0.25) is 0 Å². The van der Waals surface area contributed by atoms with E-state index in [1.165, 1.54) is 4.90 Å². The van der Waals surface area contributed by atoms with Crippen LogP contribution in [0.25, 0.3) is 0 Å². The molecule has 0 spiro atoms. The van der Waals surface area contributed by atoms with Crippen molar-refractivity contribution in [2.75, 3.05) is 13.7 Å². The quantitative estimate of drug-likeness (QED) is 0.915. The summed E-state index contributed by atoms with van der Waals surface area (Å²) in [6.07, 6.45) is 0.238. The van der Waals surface area contributed by atoms with Crippen molar-refractivity contribution in [3.8, 4) is 0 Å². The van der Waals surface area contributed by atoms with Gasteiger partial charge in [-0.25, -0.2) is 4.79 Å². The summed E-state index contributed by atoms with van der Waals surface area (Å²) in [6.45, 7) is 5.40. The van der Waals surface area contributed by atoms with E-state index in [2.05, 4.69) is 0 Å². The molecule has 0 fully saturated rings. The van der Waals surface area contributed by atoms with Crippen LogP contribution in [0.2, 0.25) is 0 Å². The maximum absolute atomic E-state index is 11.9. The van der Waals surface area contributed by atoms with Crippen LogP contribution in [0.1, 0.15) is 25.6 Å². The average molecular weight is 271 g/mol. The lowest BCUT2D eigenvalue weighted by atomic mass is 10.1. The molecular weight excluding hydrogens is 250 g/mol. The molecule has 1 atom stereocenters. The normalized spacial score (nSPS) is 13.2. The second-order valence-corrected chi connectivity index (χ2v) is 6.24. The van der Waals surface area contributed by atoms with Gasteiger partial charge in [0, 0.05) is 18.3 Å². The molecule has 0 aliphatic carbocycles. The number of carbonyl (C=O) groups is 1. The molecule has 1 heterocycles. The number of ether oxygens (including phenoxy) is 1. The molecule has 0 unspecified atom stereocenters. The average Bonchev–Trinajstić information content (AvgIpc) is 2.75. The van der Waals surface area contributed by atoms with Gasteiger partial charge in [0.15, 0.2) is 0 Å². The molecular formula is C13H21NO3S. The van der Waals surface area contributed by atoms with Crippen LogP contribution in [-0.2, 0) is 11.2 Å². The van der Waals surface area contributed by atoms with E-state index in [9.17, 15) is 9.90 Å². The van der Waals surface area contributed by atoms with E-state index in [1.54, 1.807) is 18.4 Å². The SMILES string of the molecule is CN(C(=O)OC(C)(C)C)[C@@H](CO)Cc1cccs1. The third kappa shape index (κ3) is 4.66. The van der Waals surface area contributed by atoms with Crippen LogP contribution < -0.4 is 0 Å². The summed E-state index contributed by atoms with van der Waals surface area (Å²) in [5.41, 5.74) is -0.520. The lowest BCUT2D eigenvalue weighted by Crippen LogP contribution is -2.43. The fourth-order valence-electron chi connectivity index (χ4n) is 1.47. The van der Waals surface area contributed by atoms with Crippen LogP contribution in [0.3, 0.4) is 0 Å². The minimum Gasteiger partial charge on any atom is -0.444 e. The number of thiophene rings is 1. The Morgan fingerprint density at radius 3 is 2.67 bits per heavy atom. The first-order valence-electron chi connectivity index (χ1n) is 5.92. The molecule has 0 aliphatic heterocycles. The summed E-state index contributed by atoms with van der Waals surface area (Å²) in [6, 6.07) is 3.71. The van der Waals surface area contributed by atoms with Gasteiger partial charge in [-0.2, -0.15) is 0 Å². The second-order valence-electron chi connectivity index (χ2n) is 5.21. The number of nitrogens with zero attached hydrogens (tertiary/aromatic N) is 1. The van der Waals surface area contributed by atoms with Gasteiger partial charge in [0.25, 0.3) is 0 Å². The summed E-state index contributed by atoms with van der Waals surface area (Å²) in [5, 5.41) is 11.4. The summed E-state index contributed by atoms with van der Waals surface area (Å²) in [7, 11) is 1.66. The largest absolute Gasteiger partial charge is 0.444 e. The van der Waals surface area contributed by atoms with Crippen LogP contribution in [-0.4, -0.2) is 41.4 Å². The van der Waals surface area contributed by atoms with E-state index in [4.69, 9.17) is 4.74 Å². The molecule has 0 saturated carbocycles. The zero-order valence-electron chi connectivity index (χ0n) is 11.3. The minimum atomic E-state index is -0.520. The van der Waals surface area contributed by atoms with Crippen molar-refractivity contribution in [1.82, 2.24) is 4.90 Å². The van der Waals surface area contributed by atoms with Crippen LogP contribution in [0.4, 0.5) is 4.79 Å². The fourth-order valence-corrected chi connectivity index (χ4v) is 2.25. The highest BCUT2D eigenvalue weighted by molar-refractivity contribution is 7.09. The first-order valence-corrected chi connectivity index (χ1v) is 6.80. The zero-order valence-corrected chi connectivity index (χ0v) is 12.2. The highest BCUT2D eigenvalue weighted by atomic mass is 32.1. The molecule has 1 aromatic heterocycles. The number of rotatable bonds is 4. The fraction of sp³-hybridized carbons (Fsp3) is 0.615. The maximum atomic E-state index is 11.9. The number of aliphatic hydroxyl groups is 1. The number of likely N-dealkylation sites (N-methyl/N-ethyl adjacent to an activating group) is 1. The van der Waals surface area contributed by atoms with Gasteiger partial charge in [0.05, 0.1) is 12.6 Å². The monoisotopic (exact) mass is 271 g/mol. The lowest BCUT2D eigenvalue weighted by molar-refractivity contribution is 0.0164. The van der Waals surface area contributed by atoms with E-state index in [0.29, 0.717) is 6.42 Å². The number of carbonyl (C=O) groups excluding carboxylic acids is 1. The van der Waals surface area contributed by atoms with E-state index >= 15 is 0 Å². The molecule has 0 aliphatic rings. The molecule has 0 saturated heterocycles. The summed E-state index contributed by atoms with van der Waals surface area (Å²) >= 11 is 1.62. The van der Waals surface area contributed by atoms with Gasteiger partial charge < -0.3 is 14.7 Å². The van der Waals surface area contributed by atoms with E-state index in [-0.39, 0.29) is 12.6 Å². The van der Waals surface area contributed by atoms with Gasteiger partial charge in [-0.3, -0.25) is 0 Å². The minimum absolute atomic E-state index is 0.0758. The van der Waals surface area contributed by atoms with Crippen molar-refractivity contribution < 1.29 is 14.6 Å². The van der Waals surface area contributed by atoms with Crippen LogP contribution in [0.15, 0.2) is 17.5 Å². The van der Waals surface area contributed by atoms with Gasteiger partial charge in [0.1, 0.15) is 5.60 Å². The van der Waals surface area contributed by atoms with Crippen molar-refractivity contribution in [2.45, 2.75) is 38.8 Å². The summed E-state index contributed by atoms with van der Waals surface area (Å²) < 4.78 is 5.28. The van der Waals surface area contributed by atoms with Gasteiger partial charge in [-0.05, 0) is 32.2 Å². The smallest absolute Gasteiger partial charge is 0.410 e. The summed E-state index contributed by atoms with van der Waals surface area (Å²) in [5.74, 6) is 0. The predicted octanol–water partition coefficient (Wildman–Crippen LogP) is 2.52. The Morgan fingerprint density at radius 2 is 2.22 bits per heavy atom. The molecule has 1 rings (SSSR count). The Balaban J connectivity index is 2.61. The molecule has 1 amide bonds. The maximum Gasteiger partial charge on any atom is 0.410 e. The van der Waals surface area contributed by atoms with Gasteiger partial charge >= 0.3 is 6.09 Å². The Morgan fingerprint density at radius 1 is 1.56 bits per heavy atom. The second kappa shape index (κ2) is 6.20. The first-order chi connectivity index (χ1) is 8.33. The third-order valence-electron chi connectivity index (χ3n) is 2.46. The Labute approximate surface area is 112 Å². The van der Waals surface area contributed by atoms with Crippen molar-refractivity contribution in [3.05, 3.63) is 22.4 Å². The van der Waals surface area contributed by atoms with E-state index < -0.39 is 11.7 Å². The molecule has 1 aromatic rings. The van der Waals surface area contributed by atoms with Crippen molar-refractivity contribution >= 4 is 17.4 Å². The topological polar surface area (TPSA) is 49.8 Å². The zero-order chi connectivity index (χ0) is 13.8. The Bertz CT molecular complexity index is 370. The van der Waals surface area contributed by atoms with Crippen LogP contribution in [0, 0.1) is 0 Å². The first kappa shape index (κ1) is 15.0. The molecule has 5 heteroatoms. The number of amides is 1. The lowest BCUT2D eigenvalue weighted by Gasteiger charge is -2.29. The molecule has 1 N–H and O–H groups in total. The molecule has 102 valence electrons. The third-order valence-corrected chi connectivity index (χ3v) is 3.36. The number of hydrogen-bond donors (Lipinski definition) is 1. The van der Waals surface area contributed by atoms with Crippen molar-refractivity contribution in [1.29, 1.82) is 0 Å². The predicted molar refractivity (Wildman–Crippen MR) is 72.9 cm³/mol. The summed E-state index contributed by atoms with van der Waals surface area (Å²) in [4.78, 5) is 14.5. The molecule has 18 heavy (non-hydrogen) atoms. The van der Waals surface area contributed by atoms with Crippen LogP contribution >= 0.6 is 11.3 Å². The van der Waals surface area contributed by atoms with Crippen molar-refractivity contribution in [3.63, 3.8) is 0 Å². The molecule has 0 radical (unpaired) electrons. The standard InChI is InChI=1S/C13H21NO3S/c1-13(2,3)17-12(16)14(4)10(9-15)8-11-6-5-7-18-11/h5-7,10,15H,8-9H2,1-4H3/t10-/m1/s1. The van der Waals surface area contributed by atoms with Gasteiger partial charge in [-0.15, -0.1) is 11.3 Å².